The highest BCUT2D eigenvalue weighted by atomic mass is 19.1. The number of hydrogen-bond acceptors (Lipinski definition) is 3. The number of nitrogens with one attached hydrogen (secondary N) is 1. The van der Waals surface area contributed by atoms with E-state index < -0.39 is 12.0 Å². The Morgan fingerprint density at radius 2 is 1.78 bits per heavy atom. The molecule has 140 valence electrons. The summed E-state index contributed by atoms with van der Waals surface area (Å²) in [4.78, 5) is 19.5. The molecule has 6 heteroatoms. The molecule has 1 saturated heterocycles. The lowest BCUT2D eigenvalue weighted by Gasteiger charge is -2.37. The first-order chi connectivity index (χ1) is 13.1. The number of nitrogens with zero attached hydrogens (tertiary/aromatic N) is 2. The van der Waals surface area contributed by atoms with Crippen molar-refractivity contribution < 1.29 is 14.3 Å². The number of carbonyl (C=O) groups is 1. The maximum atomic E-state index is 13.2. The van der Waals surface area contributed by atoms with Crippen molar-refractivity contribution in [2.75, 3.05) is 26.2 Å². The van der Waals surface area contributed by atoms with Gasteiger partial charge in [0.2, 0.25) is 0 Å². The Morgan fingerprint density at radius 3 is 2.44 bits per heavy atom. The summed E-state index contributed by atoms with van der Waals surface area (Å²) < 4.78 is 13.2. The summed E-state index contributed by atoms with van der Waals surface area (Å²) in [6, 6.07) is 15.4. The first-order valence-electron chi connectivity index (χ1n) is 9.11. The first kappa shape index (κ1) is 17.7. The summed E-state index contributed by atoms with van der Waals surface area (Å²) in [7, 11) is 0. The maximum absolute atomic E-state index is 13.2. The van der Waals surface area contributed by atoms with Crippen molar-refractivity contribution in [2.45, 2.75) is 12.6 Å². The molecule has 2 N–H and O–H groups in total. The summed E-state index contributed by atoms with van der Waals surface area (Å²) >= 11 is 0. The second-order valence-corrected chi connectivity index (χ2v) is 6.99. The van der Waals surface area contributed by atoms with Crippen molar-refractivity contribution in [1.82, 2.24) is 14.8 Å². The normalized spacial score (nSPS) is 17.2. The van der Waals surface area contributed by atoms with Gasteiger partial charge in [-0.3, -0.25) is 14.6 Å². The predicted molar refractivity (Wildman–Crippen MR) is 102 cm³/mol. The molecule has 2 heterocycles. The zero-order chi connectivity index (χ0) is 18.8. The van der Waals surface area contributed by atoms with Gasteiger partial charge in [-0.1, -0.05) is 30.3 Å². The van der Waals surface area contributed by atoms with Crippen molar-refractivity contribution >= 4 is 16.9 Å². The fourth-order valence-corrected chi connectivity index (χ4v) is 3.79. The van der Waals surface area contributed by atoms with Crippen LogP contribution >= 0.6 is 0 Å². The topological polar surface area (TPSA) is 59.6 Å². The third-order valence-corrected chi connectivity index (χ3v) is 5.17. The number of halogens is 1. The van der Waals surface area contributed by atoms with E-state index in [9.17, 15) is 14.3 Å². The van der Waals surface area contributed by atoms with E-state index >= 15 is 0 Å². The third-order valence-electron chi connectivity index (χ3n) is 5.17. The van der Waals surface area contributed by atoms with Gasteiger partial charge in [-0.2, -0.15) is 0 Å². The Labute approximate surface area is 157 Å². The van der Waals surface area contributed by atoms with Crippen molar-refractivity contribution in [1.29, 1.82) is 0 Å². The van der Waals surface area contributed by atoms with Crippen molar-refractivity contribution in [3.05, 3.63) is 71.7 Å². The number of carboxylic acids is 1. The molecule has 1 aromatic heterocycles. The second kappa shape index (κ2) is 7.50. The standard InChI is InChI=1S/C21H22FN3O2/c22-17-7-5-15(6-8-17)20(21(26)27)25-11-9-24(10-12-25)14-18-13-16-3-1-2-4-19(16)23-18/h1-8,13,20,23H,9-12,14H2,(H,26,27). The van der Waals surface area contributed by atoms with Crippen LogP contribution in [-0.4, -0.2) is 52.0 Å². The number of carboxylic acid groups (broad SMARTS) is 1. The highest BCUT2D eigenvalue weighted by Gasteiger charge is 2.30. The number of hydrogen-bond donors (Lipinski definition) is 2. The van der Waals surface area contributed by atoms with Gasteiger partial charge >= 0.3 is 5.97 Å². The minimum atomic E-state index is -0.898. The van der Waals surface area contributed by atoms with Gasteiger partial charge in [0, 0.05) is 43.9 Å². The molecule has 1 fully saturated rings. The molecule has 4 rings (SSSR count). The van der Waals surface area contributed by atoms with E-state index in [1.807, 2.05) is 17.0 Å². The van der Waals surface area contributed by atoms with Crippen molar-refractivity contribution in [2.24, 2.45) is 0 Å². The number of H-pyrrole nitrogens is 1. The van der Waals surface area contributed by atoms with Gasteiger partial charge in [0.1, 0.15) is 11.9 Å². The van der Waals surface area contributed by atoms with Crippen LogP contribution in [0.1, 0.15) is 17.3 Å². The molecule has 0 amide bonds. The van der Waals surface area contributed by atoms with Gasteiger partial charge in [-0.05, 0) is 35.2 Å². The number of fused-ring (bicyclic) bond motifs is 1. The molecule has 1 aliphatic heterocycles. The van der Waals surface area contributed by atoms with Crippen LogP contribution in [0.25, 0.3) is 10.9 Å². The Kier molecular flexibility index (Phi) is 4.92. The van der Waals surface area contributed by atoms with Crippen LogP contribution in [0.2, 0.25) is 0 Å². The van der Waals surface area contributed by atoms with Gasteiger partial charge in [-0.25, -0.2) is 4.39 Å². The van der Waals surface area contributed by atoms with Crippen LogP contribution in [0.15, 0.2) is 54.6 Å². The van der Waals surface area contributed by atoms with E-state index in [-0.39, 0.29) is 5.82 Å². The Balaban J connectivity index is 1.41. The highest BCUT2D eigenvalue weighted by Crippen LogP contribution is 2.24. The van der Waals surface area contributed by atoms with Crippen LogP contribution in [0.3, 0.4) is 0 Å². The largest absolute Gasteiger partial charge is 0.480 e. The molecule has 0 spiro atoms. The monoisotopic (exact) mass is 367 g/mol. The highest BCUT2D eigenvalue weighted by molar-refractivity contribution is 5.80. The Bertz CT molecular complexity index is 897. The molecule has 1 aliphatic rings. The zero-order valence-electron chi connectivity index (χ0n) is 14.9. The van der Waals surface area contributed by atoms with E-state index in [1.165, 1.54) is 17.5 Å². The molecular formula is C21H22FN3O2. The maximum Gasteiger partial charge on any atom is 0.325 e. The van der Waals surface area contributed by atoms with Crippen molar-refractivity contribution in [3.63, 3.8) is 0 Å². The number of aromatic nitrogens is 1. The summed E-state index contributed by atoms with van der Waals surface area (Å²) in [6.07, 6.45) is 0. The number of benzene rings is 2. The predicted octanol–water partition coefficient (Wildman–Crippen LogP) is 3.25. The molecule has 0 bridgehead atoms. The summed E-state index contributed by atoms with van der Waals surface area (Å²) in [5.41, 5.74) is 2.92. The number of piperazine rings is 1. The molecule has 5 nitrogen and oxygen atoms in total. The number of aliphatic carboxylic acids is 1. The SMILES string of the molecule is O=C(O)C(c1ccc(F)cc1)N1CCN(Cc2cc3ccccc3[nH]2)CC1. The van der Waals surface area contributed by atoms with Crippen LogP contribution in [0, 0.1) is 5.82 Å². The van der Waals surface area contributed by atoms with Crippen LogP contribution in [0.4, 0.5) is 4.39 Å². The summed E-state index contributed by atoms with van der Waals surface area (Å²) in [6.45, 7) is 3.72. The lowest BCUT2D eigenvalue weighted by molar-refractivity contribution is -0.144. The van der Waals surface area contributed by atoms with Crippen LogP contribution < -0.4 is 0 Å². The fraction of sp³-hybridized carbons (Fsp3) is 0.286. The molecular weight excluding hydrogens is 345 g/mol. The van der Waals surface area contributed by atoms with Gasteiger partial charge in [0.25, 0.3) is 0 Å². The van der Waals surface area contributed by atoms with E-state index in [0.717, 1.165) is 30.8 Å². The molecule has 0 saturated carbocycles. The average molecular weight is 367 g/mol. The molecule has 0 aliphatic carbocycles. The smallest absolute Gasteiger partial charge is 0.325 e. The second-order valence-electron chi connectivity index (χ2n) is 6.99. The van der Waals surface area contributed by atoms with E-state index in [4.69, 9.17) is 0 Å². The third kappa shape index (κ3) is 3.86. The van der Waals surface area contributed by atoms with Gasteiger partial charge in [-0.15, -0.1) is 0 Å². The lowest BCUT2D eigenvalue weighted by atomic mass is 10.0. The molecule has 3 aromatic rings. The van der Waals surface area contributed by atoms with E-state index in [2.05, 4.69) is 28.1 Å². The number of aromatic amines is 1. The molecule has 27 heavy (non-hydrogen) atoms. The minimum Gasteiger partial charge on any atom is -0.480 e. The Morgan fingerprint density at radius 1 is 1.07 bits per heavy atom. The Hall–Kier alpha value is -2.70. The summed E-state index contributed by atoms with van der Waals surface area (Å²) in [5, 5.41) is 10.9. The quantitative estimate of drug-likeness (QED) is 0.727. The summed E-state index contributed by atoms with van der Waals surface area (Å²) in [5.74, 6) is -1.25. The van der Waals surface area contributed by atoms with E-state index in [0.29, 0.717) is 18.7 Å². The van der Waals surface area contributed by atoms with Gasteiger partial charge < -0.3 is 10.1 Å². The minimum absolute atomic E-state index is 0.356. The zero-order valence-corrected chi connectivity index (χ0v) is 14.9. The molecule has 2 aromatic carbocycles. The van der Waals surface area contributed by atoms with Crippen LogP contribution in [-0.2, 0) is 11.3 Å². The van der Waals surface area contributed by atoms with Crippen LogP contribution in [0.5, 0.6) is 0 Å². The first-order valence-corrected chi connectivity index (χ1v) is 9.11. The van der Waals surface area contributed by atoms with Crippen molar-refractivity contribution in [3.8, 4) is 0 Å². The van der Waals surface area contributed by atoms with Gasteiger partial charge in [0.05, 0.1) is 0 Å². The molecule has 1 unspecified atom stereocenters. The van der Waals surface area contributed by atoms with E-state index in [1.54, 1.807) is 12.1 Å². The number of rotatable bonds is 5. The molecule has 1 atom stereocenters. The lowest BCUT2D eigenvalue weighted by Crippen LogP contribution is -2.48. The average Bonchev–Trinajstić information content (AvgIpc) is 3.07. The fourth-order valence-electron chi connectivity index (χ4n) is 3.79. The number of para-hydroxylation sites is 1. The molecule has 0 radical (unpaired) electrons. The van der Waals surface area contributed by atoms with Gasteiger partial charge in [0.15, 0.2) is 0 Å².